The minimum Gasteiger partial charge on any atom is -0.329 e. The Morgan fingerprint density at radius 1 is 1.53 bits per heavy atom. The number of carbonyl (C=O) groups is 1. The highest BCUT2D eigenvalue weighted by Crippen LogP contribution is 2.41. The van der Waals surface area contributed by atoms with Crippen LogP contribution in [0.15, 0.2) is 18.2 Å². The molecule has 3 nitrogen and oxygen atoms in total. The quantitative estimate of drug-likeness (QED) is 0.873. The van der Waals surface area contributed by atoms with Crippen molar-refractivity contribution in [2.45, 2.75) is 19.3 Å². The van der Waals surface area contributed by atoms with Crippen molar-refractivity contribution in [1.29, 1.82) is 0 Å². The van der Waals surface area contributed by atoms with E-state index in [4.69, 9.17) is 17.3 Å². The smallest absolute Gasteiger partial charge is 0.231 e. The number of rotatable bonds is 3. The summed E-state index contributed by atoms with van der Waals surface area (Å²) in [4.78, 5) is 12.0. The summed E-state index contributed by atoms with van der Waals surface area (Å²) < 4.78 is 12.8. The van der Waals surface area contributed by atoms with Crippen LogP contribution in [0.1, 0.15) is 19.3 Å². The van der Waals surface area contributed by atoms with E-state index in [2.05, 4.69) is 5.32 Å². The number of benzene rings is 1. The normalized spacial score (nSPS) is 17.4. The molecule has 0 radical (unpaired) electrons. The van der Waals surface area contributed by atoms with Crippen LogP contribution in [0.2, 0.25) is 5.02 Å². The second kappa shape index (κ2) is 4.63. The van der Waals surface area contributed by atoms with Gasteiger partial charge in [0.15, 0.2) is 0 Å². The van der Waals surface area contributed by atoms with Crippen molar-refractivity contribution in [3.05, 3.63) is 29.0 Å². The lowest BCUT2D eigenvalue weighted by Gasteiger charge is -2.39. The topological polar surface area (TPSA) is 55.1 Å². The lowest BCUT2D eigenvalue weighted by atomic mass is 9.68. The summed E-state index contributed by atoms with van der Waals surface area (Å²) in [5.74, 6) is -0.551. The molecule has 1 aromatic carbocycles. The van der Waals surface area contributed by atoms with Crippen LogP contribution in [0.3, 0.4) is 0 Å². The Bertz CT molecular complexity index is 441. The van der Waals surface area contributed by atoms with Gasteiger partial charge in [-0.1, -0.05) is 18.0 Å². The zero-order valence-corrected chi connectivity index (χ0v) is 10.1. The van der Waals surface area contributed by atoms with E-state index in [1.54, 1.807) is 0 Å². The van der Waals surface area contributed by atoms with Crippen LogP contribution >= 0.6 is 11.6 Å². The third kappa shape index (κ3) is 2.28. The lowest BCUT2D eigenvalue weighted by molar-refractivity contribution is -0.129. The average molecular weight is 257 g/mol. The van der Waals surface area contributed by atoms with Gasteiger partial charge in [0.05, 0.1) is 16.1 Å². The van der Waals surface area contributed by atoms with Gasteiger partial charge in [0.1, 0.15) is 5.82 Å². The lowest BCUT2D eigenvalue weighted by Crippen LogP contribution is -2.47. The van der Waals surface area contributed by atoms with E-state index >= 15 is 0 Å². The molecule has 1 aliphatic rings. The van der Waals surface area contributed by atoms with Crippen molar-refractivity contribution >= 4 is 23.2 Å². The molecule has 92 valence electrons. The van der Waals surface area contributed by atoms with Gasteiger partial charge in [-0.15, -0.1) is 0 Å². The summed E-state index contributed by atoms with van der Waals surface area (Å²) >= 11 is 5.84. The first-order valence-corrected chi connectivity index (χ1v) is 5.92. The van der Waals surface area contributed by atoms with Crippen LogP contribution < -0.4 is 11.1 Å². The molecule has 1 saturated carbocycles. The minimum atomic E-state index is -0.461. The number of halogens is 2. The zero-order valence-electron chi connectivity index (χ0n) is 9.30. The maximum Gasteiger partial charge on any atom is 0.231 e. The van der Waals surface area contributed by atoms with Gasteiger partial charge in [0, 0.05) is 6.54 Å². The largest absolute Gasteiger partial charge is 0.329 e. The molecule has 1 aliphatic carbocycles. The molecule has 2 rings (SSSR count). The number of amides is 1. The highest BCUT2D eigenvalue weighted by atomic mass is 35.5. The number of hydrogen-bond acceptors (Lipinski definition) is 2. The Hall–Kier alpha value is -1.13. The van der Waals surface area contributed by atoms with Gasteiger partial charge < -0.3 is 11.1 Å². The molecule has 0 atom stereocenters. The summed E-state index contributed by atoms with van der Waals surface area (Å²) in [5, 5.41) is 2.91. The fraction of sp³-hybridized carbons (Fsp3) is 0.417. The van der Waals surface area contributed by atoms with Crippen LogP contribution in [0.4, 0.5) is 10.1 Å². The van der Waals surface area contributed by atoms with Crippen molar-refractivity contribution in [3.63, 3.8) is 0 Å². The first kappa shape index (κ1) is 12.3. The van der Waals surface area contributed by atoms with Crippen LogP contribution in [-0.4, -0.2) is 12.5 Å². The van der Waals surface area contributed by atoms with Gasteiger partial charge in [-0.2, -0.15) is 0 Å². The molecule has 0 aromatic heterocycles. The summed E-state index contributed by atoms with van der Waals surface area (Å²) in [6, 6.07) is 3.89. The van der Waals surface area contributed by atoms with Crippen molar-refractivity contribution in [1.82, 2.24) is 0 Å². The summed E-state index contributed by atoms with van der Waals surface area (Å²) in [6.07, 6.45) is 2.62. The van der Waals surface area contributed by atoms with Gasteiger partial charge in [-0.25, -0.2) is 4.39 Å². The molecule has 0 unspecified atom stereocenters. The highest BCUT2D eigenvalue weighted by Gasteiger charge is 2.42. The van der Waals surface area contributed by atoms with Crippen LogP contribution in [0.25, 0.3) is 0 Å². The van der Waals surface area contributed by atoms with Crippen LogP contribution in [0, 0.1) is 11.2 Å². The Morgan fingerprint density at radius 2 is 2.24 bits per heavy atom. The van der Waals surface area contributed by atoms with E-state index in [0.29, 0.717) is 12.2 Å². The van der Waals surface area contributed by atoms with Gasteiger partial charge in [0.25, 0.3) is 0 Å². The van der Waals surface area contributed by atoms with Crippen LogP contribution in [0.5, 0.6) is 0 Å². The van der Waals surface area contributed by atoms with E-state index in [1.807, 2.05) is 0 Å². The summed E-state index contributed by atoms with van der Waals surface area (Å²) in [7, 11) is 0. The zero-order chi connectivity index (χ0) is 12.5. The fourth-order valence-corrected chi connectivity index (χ4v) is 2.19. The molecule has 0 spiro atoms. The molecule has 1 aromatic rings. The Labute approximate surface area is 104 Å². The minimum absolute atomic E-state index is 0.125. The van der Waals surface area contributed by atoms with Crippen LogP contribution in [-0.2, 0) is 4.79 Å². The molecular weight excluding hydrogens is 243 g/mol. The van der Waals surface area contributed by atoms with Gasteiger partial charge in [-0.3, -0.25) is 4.79 Å². The standard InChI is InChI=1S/C12H14ClFN2O/c13-9-6-8(14)2-3-10(9)16-11(17)12(7-15)4-1-5-12/h2-3,6H,1,4-5,7,15H2,(H,16,17). The number of anilines is 1. The van der Waals surface area contributed by atoms with E-state index in [0.717, 1.165) is 19.3 Å². The third-order valence-electron chi connectivity index (χ3n) is 3.36. The fourth-order valence-electron chi connectivity index (χ4n) is 1.97. The maximum atomic E-state index is 12.8. The van der Waals surface area contributed by atoms with E-state index in [1.165, 1.54) is 18.2 Å². The molecule has 1 fully saturated rings. The van der Waals surface area contributed by atoms with Gasteiger partial charge in [0.2, 0.25) is 5.91 Å². The third-order valence-corrected chi connectivity index (χ3v) is 3.68. The highest BCUT2D eigenvalue weighted by molar-refractivity contribution is 6.33. The predicted octanol–water partition coefficient (Wildman–Crippen LogP) is 2.55. The SMILES string of the molecule is NCC1(C(=O)Nc2ccc(F)cc2Cl)CCC1. The average Bonchev–Trinajstić information content (AvgIpc) is 2.21. The molecule has 0 bridgehead atoms. The van der Waals surface area contributed by atoms with E-state index in [9.17, 15) is 9.18 Å². The number of carbonyl (C=O) groups excluding carboxylic acids is 1. The molecule has 0 saturated heterocycles. The molecule has 0 heterocycles. The molecule has 17 heavy (non-hydrogen) atoms. The van der Waals surface area contributed by atoms with Crippen molar-refractivity contribution < 1.29 is 9.18 Å². The second-order valence-electron chi connectivity index (χ2n) is 4.42. The Balaban J connectivity index is 2.13. The Kier molecular flexibility index (Phi) is 3.35. The molecule has 3 N–H and O–H groups in total. The molecule has 5 heteroatoms. The van der Waals surface area contributed by atoms with Gasteiger partial charge in [-0.05, 0) is 31.0 Å². The Morgan fingerprint density at radius 3 is 2.71 bits per heavy atom. The molecule has 1 amide bonds. The van der Waals surface area contributed by atoms with Crippen molar-refractivity contribution in [2.24, 2.45) is 11.1 Å². The first-order valence-electron chi connectivity index (χ1n) is 5.54. The second-order valence-corrected chi connectivity index (χ2v) is 4.82. The monoisotopic (exact) mass is 256 g/mol. The van der Waals surface area contributed by atoms with Crippen molar-refractivity contribution in [2.75, 3.05) is 11.9 Å². The molecule has 0 aliphatic heterocycles. The predicted molar refractivity (Wildman–Crippen MR) is 65.4 cm³/mol. The number of nitrogens with two attached hydrogens (primary N) is 1. The molecular formula is C12H14ClFN2O. The number of nitrogens with one attached hydrogen (secondary N) is 1. The van der Waals surface area contributed by atoms with Crippen molar-refractivity contribution in [3.8, 4) is 0 Å². The van der Waals surface area contributed by atoms with Gasteiger partial charge >= 0.3 is 0 Å². The maximum absolute atomic E-state index is 12.8. The van der Waals surface area contributed by atoms with E-state index < -0.39 is 11.2 Å². The summed E-state index contributed by atoms with van der Waals surface area (Å²) in [5.41, 5.74) is 5.60. The number of hydrogen-bond donors (Lipinski definition) is 2. The first-order chi connectivity index (χ1) is 8.07. The van der Waals surface area contributed by atoms with E-state index in [-0.39, 0.29) is 10.9 Å². The summed E-state index contributed by atoms with van der Waals surface area (Å²) in [6.45, 7) is 0.331.